The lowest BCUT2D eigenvalue weighted by Crippen LogP contribution is -2.20. The molecule has 0 saturated heterocycles. The highest BCUT2D eigenvalue weighted by molar-refractivity contribution is 7.77. The molecule has 0 bridgehead atoms. The molecule has 0 aliphatic rings. The van der Waals surface area contributed by atoms with Gasteiger partial charge in [-0.05, 0) is 46.3 Å². The third-order valence-corrected chi connectivity index (χ3v) is 7.09. The zero-order valence-corrected chi connectivity index (χ0v) is 23.5. The van der Waals surface area contributed by atoms with E-state index in [0.717, 1.165) is 29.5 Å². The highest BCUT2D eigenvalue weighted by Gasteiger charge is 2.27. The Morgan fingerprint density at radius 3 is 1.55 bits per heavy atom. The Balaban J connectivity index is 2.63. The maximum Gasteiger partial charge on any atom is 0.123 e. The lowest BCUT2D eigenvalue weighted by molar-refractivity contribution is -0.114. The molecule has 1 atom stereocenters. The fraction of sp³-hybridized carbons (Fsp3) is 0.767. The molecule has 0 aliphatic heterocycles. The fourth-order valence-corrected chi connectivity index (χ4v) is 4.80. The predicted octanol–water partition coefficient (Wildman–Crippen LogP) is 8.92. The molecule has 3 heteroatoms. The van der Waals surface area contributed by atoms with E-state index in [0.29, 0.717) is 12.2 Å². The zero-order chi connectivity index (χ0) is 25.1. The van der Waals surface area contributed by atoms with Crippen molar-refractivity contribution in [3.63, 3.8) is 0 Å². The largest absolute Gasteiger partial charge is 0.742 e. The molecular formula is C30H51O2S-. The van der Waals surface area contributed by atoms with E-state index in [1.807, 2.05) is 0 Å². The van der Waals surface area contributed by atoms with Crippen LogP contribution in [0.4, 0.5) is 0 Å². The number of carbonyl (C=O) groups excluding carboxylic acids is 1. The van der Waals surface area contributed by atoms with Gasteiger partial charge in [0.1, 0.15) is 5.75 Å². The summed E-state index contributed by atoms with van der Waals surface area (Å²) in [6, 6.07) is 4.19. The lowest BCUT2D eigenvalue weighted by atomic mass is 9.77. The summed E-state index contributed by atoms with van der Waals surface area (Å²) < 4.78 is 0. The highest BCUT2D eigenvalue weighted by Crippen LogP contribution is 2.40. The van der Waals surface area contributed by atoms with E-state index in [4.69, 9.17) is 12.6 Å². The van der Waals surface area contributed by atoms with Gasteiger partial charge in [0.2, 0.25) is 0 Å². The Kier molecular flexibility index (Phi) is 13.0. The normalized spacial score (nSPS) is 13.3. The van der Waals surface area contributed by atoms with Crippen LogP contribution in [0.2, 0.25) is 0 Å². The van der Waals surface area contributed by atoms with Gasteiger partial charge in [0.05, 0.1) is 0 Å². The van der Waals surface area contributed by atoms with Gasteiger partial charge in [-0.15, -0.1) is 0 Å². The Hall–Kier alpha value is -1.09. The van der Waals surface area contributed by atoms with Gasteiger partial charge in [0.25, 0.3) is 0 Å². The zero-order valence-electron chi connectivity index (χ0n) is 22.7. The van der Waals surface area contributed by atoms with Gasteiger partial charge in [-0.1, -0.05) is 131 Å². The molecule has 2 nitrogen and oxygen atoms in total. The summed E-state index contributed by atoms with van der Waals surface area (Å²) >= 11 is 5.13. The molecule has 1 aromatic rings. The Morgan fingerprint density at radius 2 is 1.18 bits per heavy atom. The summed E-state index contributed by atoms with van der Waals surface area (Å²) in [6.07, 6.45) is 15.9. The second kappa shape index (κ2) is 14.3. The van der Waals surface area contributed by atoms with E-state index in [1.54, 1.807) is 0 Å². The minimum absolute atomic E-state index is 0.108. The van der Waals surface area contributed by atoms with E-state index in [1.165, 1.54) is 64.2 Å². The average Bonchev–Trinajstić information content (AvgIpc) is 2.70. The molecule has 0 aromatic heterocycles. The molecule has 190 valence electrons. The molecule has 1 rings (SSSR count). The fourth-order valence-electron chi connectivity index (χ4n) is 4.60. The molecule has 1 N–H and O–H groups in total. The molecule has 0 radical (unpaired) electrons. The topological polar surface area (TPSA) is 37.3 Å². The number of phenolic OH excluding ortho intramolecular Hbond substituents is 1. The van der Waals surface area contributed by atoms with Gasteiger partial charge < -0.3 is 22.5 Å². The van der Waals surface area contributed by atoms with Crippen molar-refractivity contribution in [3.05, 3.63) is 28.8 Å². The number of aromatic hydroxyl groups is 1. The summed E-state index contributed by atoms with van der Waals surface area (Å²) in [6.45, 7) is 15.0. The maximum atomic E-state index is 12.3. The first-order valence-corrected chi connectivity index (χ1v) is 13.9. The van der Waals surface area contributed by atoms with Gasteiger partial charge in [0, 0.05) is 5.12 Å². The molecule has 0 saturated carbocycles. The smallest absolute Gasteiger partial charge is 0.123 e. The van der Waals surface area contributed by atoms with E-state index in [9.17, 15) is 9.90 Å². The van der Waals surface area contributed by atoms with Crippen molar-refractivity contribution < 1.29 is 9.90 Å². The van der Waals surface area contributed by atoms with Crippen molar-refractivity contribution in [1.29, 1.82) is 0 Å². The Labute approximate surface area is 210 Å². The van der Waals surface area contributed by atoms with Gasteiger partial charge in [0.15, 0.2) is 0 Å². The number of hydrogen-bond donors (Lipinski definition) is 1. The van der Waals surface area contributed by atoms with Crippen LogP contribution in [0.1, 0.15) is 142 Å². The van der Waals surface area contributed by atoms with Gasteiger partial charge in [-0.2, -0.15) is 0 Å². The van der Waals surface area contributed by atoms with Crippen LogP contribution in [-0.4, -0.2) is 10.2 Å². The Morgan fingerprint density at radius 1 is 0.788 bits per heavy atom. The first-order valence-electron chi connectivity index (χ1n) is 13.5. The molecule has 0 spiro atoms. The number of carbonyl (C=O) groups is 1. The average molecular weight is 476 g/mol. The van der Waals surface area contributed by atoms with Crippen LogP contribution in [0.5, 0.6) is 5.75 Å². The molecule has 0 aliphatic carbocycles. The van der Waals surface area contributed by atoms with Crippen LogP contribution in [0.3, 0.4) is 0 Å². The molecule has 0 amide bonds. The Bertz CT molecular complexity index is 674. The second-order valence-corrected chi connectivity index (χ2v) is 12.5. The summed E-state index contributed by atoms with van der Waals surface area (Å²) in [4.78, 5) is 12.3. The SMILES string of the molecule is CCCCCCCCCCCCCC(Cc1cc(C(C)(C)C)c(O)c(C(C)(C)C)c1)C(=O)[S-]. The van der Waals surface area contributed by atoms with E-state index in [-0.39, 0.29) is 21.9 Å². The van der Waals surface area contributed by atoms with Crippen molar-refractivity contribution in [2.24, 2.45) is 5.92 Å². The molecule has 0 fully saturated rings. The third kappa shape index (κ3) is 11.3. The summed E-state index contributed by atoms with van der Waals surface area (Å²) in [7, 11) is 0. The van der Waals surface area contributed by atoms with Crippen LogP contribution < -0.4 is 0 Å². The first kappa shape index (κ1) is 29.9. The lowest BCUT2D eigenvalue weighted by Gasteiger charge is -2.29. The summed E-state index contributed by atoms with van der Waals surface area (Å²) in [5.41, 5.74) is 2.70. The van der Waals surface area contributed by atoms with Crippen molar-refractivity contribution in [2.75, 3.05) is 0 Å². The van der Waals surface area contributed by atoms with Gasteiger partial charge in [-0.3, -0.25) is 0 Å². The molecule has 1 unspecified atom stereocenters. The molecule has 0 heterocycles. The number of hydrogen-bond acceptors (Lipinski definition) is 3. The number of benzene rings is 1. The molecular weight excluding hydrogens is 424 g/mol. The maximum absolute atomic E-state index is 12.3. The second-order valence-electron chi connectivity index (χ2n) is 12.1. The number of unbranched alkanes of at least 4 members (excludes halogenated alkanes) is 10. The highest BCUT2D eigenvalue weighted by atomic mass is 32.1. The van der Waals surface area contributed by atoms with Gasteiger partial charge in [-0.25, -0.2) is 0 Å². The minimum atomic E-state index is -0.163. The van der Waals surface area contributed by atoms with Crippen LogP contribution >= 0.6 is 0 Å². The van der Waals surface area contributed by atoms with Crippen molar-refractivity contribution in [2.45, 2.75) is 143 Å². The monoisotopic (exact) mass is 475 g/mol. The van der Waals surface area contributed by atoms with Crippen LogP contribution in [0.15, 0.2) is 12.1 Å². The van der Waals surface area contributed by atoms with E-state index >= 15 is 0 Å². The number of phenols is 1. The third-order valence-electron chi connectivity index (χ3n) is 6.76. The van der Waals surface area contributed by atoms with E-state index < -0.39 is 0 Å². The van der Waals surface area contributed by atoms with Crippen LogP contribution in [0.25, 0.3) is 0 Å². The predicted molar refractivity (Wildman–Crippen MR) is 146 cm³/mol. The molecule has 33 heavy (non-hydrogen) atoms. The van der Waals surface area contributed by atoms with Crippen molar-refractivity contribution in [3.8, 4) is 5.75 Å². The standard InChI is InChI=1S/C30H52O2S/c1-8-9-10-11-12-13-14-15-16-17-18-19-24(28(32)33)20-23-21-25(29(2,3)4)27(31)26(22-23)30(5,6)7/h21-22,24,31H,8-20H2,1-7H3,(H,32,33)/p-1. The van der Waals surface area contributed by atoms with Gasteiger partial charge >= 0.3 is 0 Å². The first-order chi connectivity index (χ1) is 15.4. The molecule has 1 aromatic carbocycles. The summed E-state index contributed by atoms with van der Waals surface area (Å²) in [5.74, 6) is 0.286. The van der Waals surface area contributed by atoms with E-state index in [2.05, 4.69) is 60.6 Å². The van der Waals surface area contributed by atoms with Crippen LogP contribution in [-0.2, 0) is 34.7 Å². The van der Waals surface area contributed by atoms with Crippen LogP contribution in [0, 0.1) is 5.92 Å². The van der Waals surface area contributed by atoms with Crippen molar-refractivity contribution >= 4 is 17.7 Å². The number of rotatable bonds is 15. The minimum Gasteiger partial charge on any atom is -0.742 e. The van der Waals surface area contributed by atoms with Crippen molar-refractivity contribution in [1.82, 2.24) is 0 Å². The summed E-state index contributed by atoms with van der Waals surface area (Å²) in [5, 5.41) is 10.8. The quantitative estimate of drug-likeness (QED) is 0.203.